The molecule has 0 unspecified atom stereocenters. The van der Waals surface area contributed by atoms with E-state index in [4.69, 9.17) is 5.73 Å². The molecule has 0 heterocycles. The Balaban J connectivity index is 2.10. The molecule has 0 saturated heterocycles. The van der Waals surface area contributed by atoms with Crippen LogP contribution in [0.3, 0.4) is 0 Å². The van der Waals surface area contributed by atoms with Crippen LogP contribution in [0.1, 0.15) is 34.0 Å². The fraction of sp³-hybridized carbons (Fsp3) is 0.300. The molecular weight excluding hydrogens is 369 g/mol. The van der Waals surface area contributed by atoms with Crippen LogP contribution in [0.2, 0.25) is 0 Å². The highest BCUT2D eigenvalue weighted by Crippen LogP contribution is 2.29. The Hall–Kier alpha value is -3.03. The van der Waals surface area contributed by atoms with Crippen molar-refractivity contribution in [2.45, 2.75) is 26.2 Å². The summed E-state index contributed by atoms with van der Waals surface area (Å²) in [6.45, 7) is 3.29. The predicted octanol–water partition coefficient (Wildman–Crippen LogP) is 3.40. The van der Waals surface area contributed by atoms with Crippen molar-refractivity contribution in [2.75, 3.05) is 13.6 Å². The maximum absolute atomic E-state index is 12.7. The summed E-state index contributed by atoms with van der Waals surface area (Å²) in [5.41, 5.74) is 6.59. The van der Waals surface area contributed by atoms with Gasteiger partial charge in [-0.2, -0.15) is 13.2 Å². The monoisotopic (exact) mass is 392 g/mol. The van der Waals surface area contributed by atoms with Gasteiger partial charge in [-0.1, -0.05) is 24.3 Å². The third-order valence-corrected chi connectivity index (χ3v) is 4.02. The first kappa shape index (κ1) is 21.3. The van der Waals surface area contributed by atoms with Crippen molar-refractivity contribution in [1.29, 1.82) is 0 Å². The van der Waals surface area contributed by atoms with Crippen molar-refractivity contribution >= 4 is 11.9 Å². The lowest BCUT2D eigenvalue weighted by Gasteiger charge is -2.22. The number of guanidine groups is 1. The number of rotatable bonds is 6. The molecule has 3 N–H and O–H groups in total. The Kier molecular flexibility index (Phi) is 7.03. The Morgan fingerprint density at radius 3 is 2.39 bits per heavy atom. The van der Waals surface area contributed by atoms with Gasteiger partial charge in [0.05, 0.1) is 12.1 Å². The number of carbonyl (C=O) groups is 1. The first-order chi connectivity index (χ1) is 13.2. The van der Waals surface area contributed by atoms with E-state index in [1.807, 2.05) is 17.9 Å². The van der Waals surface area contributed by atoms with Gasteiger partial charge in [0, 0.05) is 25.7 Å². The van der Waals surface area contributed by atoms with Gasteiger partial charge in [0.2, 0.25) is 5.91 Å². The first-order valence-electron chi connectivity index (χ1n) is 8.75. The van der Waals surface area contributed by atoms with E-state index >= 15 is 0 Å². The number of carbonyl (C=O) groups excluding carboxylic acids is 1. The molecule has 0 radical (unpaired) electrons. The van der Waals surface area contributed by atoms with Crippen LogP contribution in [0.25, 0.3) is 0 Å². The molecule has 8 heteroatoms. The molecular formula is C20H23F3N4O. The number of benzene rings is 2. The van der Waals surface area contributed by atoms with Crippen LogP contribution in [-0.2, 0) is 19.3 Å². The largest absolute Gasteiger partial charge is 0.416 e. The molecule has 0 atom stereocenters. The van der Waals surface area contributed by atoms with Crippen LogP contribution in [0.5, 0.6) is 0 Å². The zero-order valence-corrected chi connectivity index (χ0v) is 15.8. The van der Waals surface area contributed by atoms with Crippen molar-refractivity contribution in [2.24, 2.45) is 10.7 Å². The van der Waals surface area contributed by atoms with E-state index < -0.39 is 17.6 Å². The summed E-state index contributed by atoms with van der Waals surface area (Å²) in [7, 11) is 1.80. The zero-order chi connectivity index (χ0) is 20.7. The minimum Gasteiger partial charge on any atom is -0.366 e. The van der Waals surface area contributed by atoms with Crippen LogP contribution in [0, 0.1) is 0 Å². The quantitative estimate of drug-likeness (QED) is 0.585. The highest BCUT2D eigenvalue weighted by atomic mass is 19.4. The molecule has 2 aromatic rings. The number of nitrogens with one attached hydrogen (secondary N) is 1. The predicted molar refractivity (Wildman–Crippen MR) is 103 cm³/mol. The minimum atomic E-state index is -4.35. The molecule has 0 bridgehead atoms. The lowest BCUT2D eigenvalue weighted by atomic mass is 10.1. The second-order valence-electron chi connectivity index (χ2n) is 6.29. The van der Waals surface area contributed by atoms with Crippen LogP contribution in [0.15, 0.2) is 53.5 Å². The number of amides is 1. The summed E-state index contributed by atoms with van der Waals surface area (Å²) in [5, 5.41) is 3.15. The Labute approximate surface area is 162 Å². The van der Waals surface area contributed by atoms with E-state index in [1.165, 1.54) is 12.1 Å². The van der Waals surface area contributed by atoms with Gasteiger partial charge in [-0.3, -0.25) is 4.79 Å². The van der Waals surface area contributed by atoms with Crippen molar-refractivity contribution in [3.8, 4) is 0 Å². The molecule has 0 aliphatic carbocycles. The number of alkyl halides is 3. The number of hydrogen-bond acceptors (Lipinski definition) is 2. The summed E-state index contributed by atoms with van der Waals surface area (Å²) in [5.74, 6) is 0.101. The maximum Gasteiger partial charge on any atom is 0.416 e. The molecule has 150 valence electrons. The molecule has 5 nitrogen and oxygen atoms in total. The number of halogens is 3. The smallest absolute Gasteiger partial charge is 0.366 e. The third-order valence-electron chi connectivity index (χ3n) is 4.02. The summed E-state index contributed by atoms with van der Waals surface area (Å²) in [4.78, 5) is 17.6. The molecule has 28 heavy (non-hydrogen) atoms. The van der Waals surface area contributed by atoms with Crippen LogP contribution in [0.4, 0.5) is 13.2 Å². The van der Waals surface area contributed by atoms with E-state index in [-0.39, 0.29) is 0 Å². The molecule has 0 aromatic heterocycles. The topological polar surface area (TPSA) is 70.7 Å². The van der Waals surface area contributed by atoms with Gasteiger partial charge >= 0.3 is 6.18 Å². The number of nitrogens with two attached hydrogens (primary N) is 1. The van der Waals surface area contributed by atoms with Gasteiger partial charge < -0.3 is 16.0 Å². The van der Waals surface area contributed by atoms with Gasteiger partial charge in [-0.05, 0) is 42.3 Å². The van der Waals surface area contributed by atoms with E-state index in [9.17, 15) is 18.0 Å². The molecule has 0 fully saturated rings. The standard InChI is InChI=1S/C20H23F3N4O/c1-3-25-19(26-12-15-5-4-6-16(11-15)18(24)28)27(2)13-14-7-9-17(10-8-14)20(21,22)23/h4-11H,3,12-13H2,1-2H3,(H2,24,28)(H,25,26). The van der Waals surface area contributed by atoms with Crippen molar-refractivity contribution in [1.82, 2.24) is 10.2 Å². The fourth-order valence-electron chi connectivity index (χ4n) is 2.61. The molecule has 0 aliphatic heterocycles. The Morgan fingerprint density at radius 1 is 1.14 bits per heavy atom. The van der Waals surface area contributed by atoms with Gasteiger partial charge in [-0.25, -0.2) is 4.99 Å². The van der Waals surface area contributed by atoms with Gasteiger partial charge in [-0.15, -0.1) is 0 Å². The molecule has 0 aliphatic rings. The average Bonchev–Trinajstić information content (AvgIpc) is 2.65. The second-order valence-corrected chi connectivity index (χ2v) is 6.29. The van der Waals surface area contributed by atoms with Crippen molar-refractivity contribution in [3.05, 3.63) is 70.8 Å². The zero-order valence-electron chi connectivity index (χ0n) is 15.8. The highest BCUT2D eigenvalue weighted by Gasteiger charge is 2.29. The van der Waals surface area contributed by atoms with E-state index in [0.717, 1.165) is 23.3 Å². The lowest BCUT2D eigenvalue weighted by Crippen LogP contribution is -2.38. The summed E-state index contributed by atoms with van der Waals surface area (Å²) >= 11 is 0. The maximum atomic E-state index is 12.7. The van der Waals surface area contributed by atoms with Gasteiger partial charge in [0.1, 0.15) is 0 Å². The molecule has 2 aromatic carbocycles. The molecule has 0 saturated carbocycles. The number of primary amides is 1. The summed E-state index contributed by atoms with van der Waals surface area (Å²) in [6, 6.07) is 12.0. The van der Waals surface area contributed by atoms with Crippen LogP contribution >= 0.6 is 0 Å². The Bertz CT molecular complexity index is 832. The fourth-order valence-corrected chi connectivity index (χ4v) is 2.61. The third kappa shape index (κ3) is 6.00. The molecule has 1 amide bonds. The average molecular weight is 392 g/mol. The number of aliphatic imine (C=N–C) groups is 1. The molecule has 0 spiro atoms. The SMILES string of the molecule is CCNC(=NCc1cccc(C(N)=O)c1)N(C)Cc1ccc(C(F)(F)F)cc1. The van der Waals surface area contributed by atoms with E-state index in [2.05, 4.69) is 10.3 Å². The highest BCUT2D eigenvalue weighted by molar-refractivity contribution is 5.92. The second kappa shape index (κ2) is 9.25. The normalized spacial score (nSPS) is 12.0. The van der Waals surface area contributed by atoms with Gasteiger partial charge in [0.15, 0.2) is 5.96 Å². The van der Waals surface area contributed by atoms with Gasteiger partial charge in [0.25, 0.3) is 0 Å². The summed E-state index contributed by atoms with van der Waals surface area (Å²) < 4.78 is 38.0. The lowest BCUT2D eigenvalue weighted by molar-refractivity contribution is -0.137. The number of hydrogen-bond donors (Lipinski definition) is 2. The van der Waals surface area contributed by atoms with Crippen molar-refractivity contribution in [3.63, 3.8) is 0 Å². The van der Waals surface area contributed by atoms with Crippen LogP contribution < -0.4 is 11.1 Å². The van der Waals surface area contributed by atoms with Crippen LogP contribution in [-0.4, -0.2) is 30.4 Å². The van der Waals surface area contributed by atoms with E-state index in [0.29, 0.717) is 31.2 Å². The number of nitrogens with zero attached hydrogens (tertiary/aromatic N) is 2. The van der Waals surface area contributed by atoms with Crippen molar-refractivity contribution < 1.29 is 18.0 Å². The summed E-state index contributed by atoms with van der Waals surface area (Å²) in [6.07, 6.45) is -4.35. The molecule has 2 rings (SSSR count). The first-order valence-corrected chi connectivity index (χ1v) is 8.75. The minimum absolute atomic E-state index is 0.334. The Morgan fingerprint density at radius 2 is 1.82 bits per heavy atom. The van der Waals surface area contributed by atoms with E-state index in [1.54, 1.807) is 25.2 Å².